The predicted octanol–water partition coefficient (Wildman–Crippen LogP) is 7.15. The van der Waals surface area contributed by atoms with E-state index in [4.69, 9.17) is 0 Å². The fourth-order valence-corrected chi connectivity index (χ4v) is 7.35. The normalized spacial score (nSPS) is 15.6. The average Bonchev–Trinajstić information content (AvgIpc) is 3.41. The molecule has 1 unspecified atom stereocenters. The Kier molecular flexibility index (Phi) is 8.27. The van der Waals surface area contributed by atoms with E-state index in [0.29, 0.717) is 18.3 Å². The van der Waals surface area contributed by atoms with E-state index in [0.717, 1.165) is 36.3 Å². The van der Waals surface area contributed by atoms with Gasteiger partial charge in [-0.25, -0.2) is 0 Å². The van der Waals surface area contributed by atoms with Gasteiger partial charge in [0.05, 0.1) is 11.1 Å². The van der Waals surface area contributed by atoms with Gasteiger partial charge in [0.2, 0.25) is 0 Å². The van der Waals surface area contributed by atoms with Crippen LogP contribution in [0, 0.1) is 5.92 Å². The van der Waals surface area contributed by atoms with Crippen molar-refractivity contribution in [2.45, 2.75) is 44.1 Å². The van der Waals surface area contributed by atoms with E-state index in [1.807, 2.05) is 60.7 Å². The lowest BCUT2D eigenvalue weighted by Crippen LogP contribution is -2.43. The highest BCUT2D eigenvalue weighted by Crippen LogP contribution is 2.40. The number of rotatable bonds is 7. The predicted molar refractivity (Wildman–Crippen MR) is 134 cm³/mol. The van der Waals surface area contributed by atoms with Gasteiger partial charge in [-0.2, -0.15) is 26.3 Å². The zero-order valence-corrected chi connectivity index (χ0v) is 20.7. The van der Waals surface area contributed by atoms with Crippen LogP contribution in [0.15, 0.2) is 78.9 Å². The number of carbonyl (C=O) groups is 1. The number of benzene rings is 3. The van der Waals surface area contributed by atoms with Crippen LogP contribution in [-0.2, 0) is 12.4 Å². The number of alkyl halides is 6. The first-order valence-electron chi connectivity index (χ1n) is 12.0. The Bertz CT molecular complexity index is 1120. The average molecular weight is 537 g/mol. The fraction of sp³-hybridized carbons (Fsp3) is 0.321. The number of amides is 1. The van der Waals surface area contributed by atoms with Gasteiger partial charge in [-0.05, 0) is 61.7 Å². The van der Waals surface area contributed by atoms with Crippen LogP contribution in [0.4, 0.5) is 26.3 Å². The number of halogens is 6. The zero-order valence-electron chi connectivity index (χ0n) is 19.8. The first kappa shape index (κ1) is 27.2. The Hall–Kier alpha value is -2.86. The molecule has 0 heterocycles. The Labute approximate surface area is 212 Å². The van der Waals surface area contributed by atoms with Crippen LogP contribution in [0.3, 0.4) is 0 Å². The summed E-state index contributed by atoms with van der Waals surface area (Å²) in [7, 11) is -0.930. The molecule has 0 aliphatic heterocycles. The Morgan fingerprint density at radius 3 is 1.68 bits per heavy atom. The van der Waals surface area contributed by atoms with Crippen LogP contribution in [0.25, 0.3) is 0 Å². The summed E-state index contributed by atoms with van der Waals surface area (Å²) in [5, 5.41) is 5.01. The van der Waals surface area contributed by atoms with E-state index in [-0.39, 0.29) is 12.0 Å². The third kappa shape index (κ3) is 6.92. The van der Waals surface area contributed by atoms with Crippen molar-refractivity contribution in [1.29, 1.82) is 0 Å². The van der Waals surface area contributed by atoms with Crippen molar-refractivity contribution >= 4 is 24.4 Å². The quantitative estimate of drug-likeness (QED) is 0.252. The van der Waals surface area contributed by atoms with Crippen LogP contribution in [0.1, 0.15) is 47.2 Å². The molecule has 1 atom stereocenters. The van der Waals surface area contributed by atoms with Gasteiger partial charge in [0.15, 0.2) is 0 Å². The van der Waals surface area contributed by atoms with E-state index in [9.17, 15) is 31.1 Å². The lowest BCUT2D eigenvalue weighted by atomic mass is 9.98. The minimum Gasteiger partial charge on any atom is -0.349 e. The van der Waals surface area contributed by atoms with Crippen LogP contribution in [0.2, 0.25) is 0 Å². The van der Waals surface area contributed by atoms with Gasteiger partial charge in [-0.15, -0.1) is 0 Å². The molecule has 1 saturated carbocycles. The Balaban J connectivity index is 1.67. The highest BCUT2D eigenvalue weighted by molar-refractivity contribution is 7.73. The van der Waals surface area contributed by atoms with Crippen LogP contribution < -0.4 is 15.9 Å². The van der Waals surface area contributed by atoms with E-state index >= 15 is 0 Å². The maximum absolute atomic E-state index is 13.4. The molecule has 0 spiro atoms. The molecular weight excluding hydrogens is 511 g/mol. The fourth-order valence-electron chi connectivity index (χ4n) is 4.78. The maximum atomic E-state index is 13.4. The Morgan fingerprint density at radius 2 is 1.24 bits per heavy atom. The minimum absolute atomic E-state index is 0.0370. The molecule has 1 amide bonds. The molecule has 0 bridgehead atoms. The third-order valence-corrected chi connectivity index (χ3v) is 9.25. The lowest BCUT2D eigenvalue weighted by Gasteiger charge is -2.30. The topological polar surface area (TPSA) is 29.1 Å². The van der Waals surface area contributed by atoms with Crippen molar-refractivity contribution in [3.05, 3.63) is 95.6 Å². The second-order valence-corrected chi connectivity index (χ2v) is 11.5. The van der Waals surface area contributed by atoms with E-state index < -0.39 is 48.9 Å². The first-order chi connectivity index (χ1) is 17.5. The van der Waals surface area contributed by atoms with Gasteiger partial charge in [0, 0.05) is 11.6 Å². The summed E-state index contributed by atoms with van der Waals surface area (Å²) in [5.41, 5.74) is -3.64. The molecule has 4 rings (SSSR count). The van der Waals surface area contributed by atoms with Crippen molar-refractivity contribution in [3.63, 3.8) is 0 Å². The molecule has 196 valence electrons. The van der Waals surface area contributed by atoms with Gasteiger partial charge < -0.3 is 5.32 Å². The monoisotopic (exact) mass is 537 g/mol. The molecule has 1 fully saturated rings. The number of carbonyl (C=O) groups excluding carboxylic acids is 1. The van der Waals surface area contributed by atoms with E-state index in [1.165, 1.54) is 0 Å². The maximum Gasteiger partial charge on any atom is 0.416 e. The van der Waals surface area contributed by atoms with Crippen molar-refractivity contribution in [3.8, 4) is 0 Å². The van der Waals surface area contributed by atoms with Crippen LogP contribution in [0.5, 0.6) is 0 Å². The number of hydrogen-bond acceptors (Lipinski definition) is 1. The molecular formula is C28H26F6NOP. The number of hydrogen-bond donors (Lipinski definition) is 1. The molecule has 0 aromatic heterocycles. The summed E-state index contributed by atoms with van der Waals surface area (Å²) in [6, 6.07) is 20.2. The highest BCUT2D eigenvalue weighted by Gasteiger charge is 2.38. The van der Waals surface area contributed by atoms with Crippen LogP contribution in [-0.4, -0.2) is 18.1 Å². The summed E-state index contributed by atoms with van der Waals surface area (Å²) in [5.74, 6) is -0.834. The molecule has 1 aliphatic rings. The minimum atomic E-state index is -5.02. The first-order valence-corrected chi connectivity index (χ1v) is 13.5. The smallest absolute Gasteiger partial charge is 0.349 e. The van der Waals surface area contributed by atoms with Crippen molar-refractivity contribution in [1.82, 2.24) is 5.32 Å². The van der Waals surface area contributed by atoms with Gasteiger partial charge in [-0.1, -0.05) is 73.5 Å². The summed E-state index contributed by atoms with van der Waals surface area (Å²) in [6.07, 6.45) is -5.89. The van der Waals surface area contributed by atoms with Crippen molar-refractivity contribution in [2.75, 3.05) is 6.16 Å². The van der Waals surface area contributed by atoms with Gasteiger partial charge in [0.25, 0.3) is 5.91 Å². The highest BCUT2D eigenvalue weighted by atomic mass is 31.1. The largest absolute Gasteiger partial charge is 0.416 e. The molecule has 2 nitrogen and oxygen atoms in total. The zero-order chi connectivity index (χ0) is 26.6. The molecule has 9 heteroatoms. The third-order valence-electron chi connectivity index (χ3n) is 6.65. The Morgan fingerprint density at radius 1 is 0.784 bits per heavy atom. The molecule has 37 heavy (non-hydrogen) atoms. The molecule has 0 radical (unpaired) electrons. The SMILES string of the molecule is O=C(NC(CP(c1ccccc1)c1ccccc1)C1CCCC1)c1cc(C(F)(F)F)cc(C(F)(F)F)c1. The van der Waals surface area contributed by atoms with Crippen molar-refractivity contribution < 1.29 is 31.1 Å². The molecule has 1 aliphatic carbocycles. The van der Waals surface area contributed by atoms with Gasteiger partial charge in [0.1, 0.15) is 0 Å². The summed E-state index contributed by atoms with van der Waals surface area (Å²) in [6.45, 7) is 0. The standard InChI is InChI=1S/C28H26F6NOP/c29-27(30,31)21-15-20(16-22(17-21)28(32,33)34)26(36)35-25(19-9-7-8-10-19)18-37(23-11-3-1-4-12-23)24-13-5-2-6-14-24/h1-6,11-17,19,25H,7-10,18H2,(H,35,36). The summed E-state index contributed by atoms with van der Waals surface area (Å²) < 4.78 is 80.2. The van der Waals surface area contributed by atoms with Crippen LogP contribution >= 0.6 is 7.92 Å². The lowest BCUT2D eigenvalue weighted by molar-refractivity contribution is -0.143. The van der Waals surface area contributed by atoms with Gasteiger partial charge in [-0.3, -0.25) is 4.79 Å². The second-order valence-electron chi connectivity index (χ2n) is 9.20. The second kappa shape index (κ2) is 11.3. The molecule has 1 N–H and O–H groups in total. The van der Waals surface area contributed by atoms with E-state index in [2.05, 4.69) is 5.32 Å². The molecule has 0 saturated heterocycles. The summed E-state index contributed by atoms with van der Waals surface area (Å²) >= 11 is 0. The summed E-state index contributed by atoms with van der Waals surface area (Å²) in [4.78, 5) is 13.2. The van der Waals surface area contributed by atoms with E-state index in [1.54, 1.807) is 0 Å². The molecule has 3 aromatic rings. The van der Waals surface area contributed by atoms with Gasteiger partial charge >= 0.3 is 12.4 Å². The van der Waals surface area contributed by atoms with Crippen molar-refractivity contribution in [2.24, 2.45) is 5.92 Å². The number of nitrogens with one attached hydrogen (secondary N) is 1. The molecule has 3 aromatic carbocycles.